The summed E-state index contributed by atoms with van der Waals surface area (Å²) in [5.74, 6) is -1.00. The molecule has 0 saturated heterocycles. The topological polar surface area (TPSA) is 59.9 Å². The molecule has 0 atom stereocenters. The van der Waals surface area contributed by atoms with Crippen molar-refractivity contribution in [2.24, 2.45) is 5.10 Å². The maximum Gasteiger partial charge on any atom is 0.573 e. The smallest absolute Gasteiger partial charge is 0.405 e. The van der Waals surface area contributed by atoms with Crippen molar-refractivity contribution in [2.45, 2.75) is 6.36 Å². The Balaban J connectivity index is 2.52. The molecule has 0 aliphatic carbocycles. The molecule has 0 spiro atoms. The second-order valence-corrected chi connectivity index (χ2v) is 5.00. The number of hydrogen-bond acceptors (Lipinski definition) is 4. The summed E-state index contributed by atoms with van der Waals surface area (Å²) < 4.78 is 60.5. The van der Waals surface area contributed by atoms with Gasteiger partial charge in [-0.15, -0.1) is 13.2 Å². The summed E-state index contributed by atoms with van der Waals surface area (Å²) in [6.07, 6.45) is -4.61. The van der Waals surface area contributed by atoms with Gasteiger partial charge in [0.05, 0.1) is 12.3 Å². The SMILES string of the molecule is COC/C(=N\NC=O)c1ccc(-c2ccc(F)cc2)c(OC(F)(F)F)c1. The molecular formula is C17H14F4N2O3. The van der Waals surface area contributed by atoms with E-state index < -0.39 is 17.9 Å². The number of hydrazone groups is 1. The number of carbonyl (C=O) groups excluding carboxylic acids is 1. The molecule has 2 rings (SSSR count). The number of hydrogen-bond donors (Lipinski definition) is 1. The summed E-state index contributed by atoms with van der Waals surface area (Å²) >= 11 is 0. The third-order valence-electron chi connectivity index (χ3n) is 3.23. The normalized spacial score (nSPS) is 12.0. The van der Waals surface area contributed by atoms with E-state index in [9.17, 15) is 22.4 Å². The Labute approximate surface area is 146 Å². The van der Waals surface area contributed by atoms with Gasteiger partial charge in [0.2, 0.25) is 6.41 Å². The standard InChI is InChI=1S/C17H14F4N2O3/c1-25-9-15(23-22-10-24)12-4-7-14(11-2-5-13(18)6-3-11)16(8-12)26-17(19,20)21/h2-8,10H,9H2,1H3,(H,22,24)/b23-15+. The second kappa shape index (κ2) is 8.43. The zero-order valence-corrected chi connectivity index (χ0v) is 13.5. The van der Waals surface area contributed by atoms with Crippen LogP contribution in [-0.2, 0) is 9.53 Å². The Morgan fingerprint density at radius 1 is 1.19 bits per heavy atom. The van der Waals surface area contributed by atoms with Crippen LogP contribution in [0.3, 0.4) is 0 Å². The first-order valence-corrected chi connectivity index (χ1v) is 7.25. The molecule has 1 N–H and O–H groups in total. The van der Waals surface area contributed by atoms with Gasteiger partial charge in [0, 0.05) is 18.2 Å². The fourth-order valence-electron chi connectivity index (χ4n) is 2.20. The molecule has 0 unspecified atom stereocenters. The van der Waals surface area contributed by atoms with Gasteiger partial charge < -0.3 is 9.47 Å². The zero-order valence-electron chi connectivity index (χ0n) is 13.5. The van der Waals surface area contributed by atoms with Crippen molar-refractivity contribution >= 4 is 12.1 Å². The van der Waals surface area contributed by atoms with Gasteiger partial charge in [-0.05, 0) is 29.8 Å². The molecule has 0 aromatic heterocycles. The van der Waals surface area contributed by atoms with Gasteiger partial charge in [-0.1, -0.05) is 18.2 Å². The van der Waals surface area contributed by atoms with Gasteiger partial charge in [0.1, 0.15) is 11.6 Å². The molecule has 0 aliphatic rings. The number of rotatable bonds is 7. The summed E-state index contributed by atoms with van der Waals surface area (Å²) in [6.45, 7) is -0.0534. The summed E-state index contributed by atoms with van der Waals surface area (Å²) in [5, 5.41) is 3.74. The molecule has 0 radical (unpaired) electrons. The lowest BCUT2D eigenvalue weighted by molar-refractivity contribution is -0.274. The van der Waals surface area contributed by atoms with E-state index in [1.165, 1.54) is 31.4 Å². The molecule has 138 valence electrons. The van der Waals surface area contributed by atoms with Crippen molar-refractivity contribution in [3.8, 4) is 16.9 Å². The van der Waals surface area contributed by atoms with Gasteiger partial charge in [-0.3, -0.25) is 4.79 Å². The van der Waals surface area contributed by atoms with Crippen molar-refractivity contribution in [1.29, 1.82) is 0 Å². The molecule has 2 aromatic carbocycles. The van der Waals surface area contributed by atoms with Crippen molar-refractivity contribution in [2.75, 3.05) is 13.7 Å². The molecular weight excluding hydrogens is 356 g/mol. The summed E-state index contributed by atoms with van der Waals surface area (Å²) in [6, 6.07) is 8.94. The second-order valence-electron chi connectivity index (χ2n) is 5.00. The zero-order chi connectivity index (χ0) is 19.2. The Kier molecular flexibility index (Phi) is 6.29. The first kappa shape index (κ1) is 19.4. The van der Waals surface area contributed by atoms with E-state index in [0.29, 0.717) is 12.0 Å². The van der Waals surface area contributed by atoms with Crippen LogP contribution in [0.4, 0.5) is 17.6 Å². The molecule has 1 amide bonds. The van der Waals surface area contributed by atoms with Crippen LogP contribution < -0.4 is 10.2 Å². The maximum absolute atomic E-state index is 13.1. The Morgan fingerprint density at radius 2 is 1.88 bits per heavy atom. The maximum atomic E-state index is 13.1. The predicted octanol–water partition coefficient (Wildman–Crippen LogP) is 3.49. The molecule has 0 aliphatic heterocycles. The molecule has 9 heteroatoms. The number of methoxy groups -OCH3 is 1. The van der Waals surface area contributed by atoms with E-state index in [1.54, 1.807) is 0 Å². The van der Waals surface area contributed by atoms with Gasteiger partial charge in [0.25, 0.3) is 0 Å². The lowest BCUT2D eigenvalue weighted by Crippen LogP contribution is -2.19. The molecule has 0 fully saturated rings. The highest BCUT2D eigenvalue weighted by Crippen LogP contribution is 2.35. The van der Waals surface area contributed by atoms with Crippen molar-refractivity contribution in [3.05, 3.63) is 53.8 Å². The number of alkyl halides is 3. The van der Waals surface area contributed by atoms with Crippen LogP contribution in [0.2, 0.25) is 0 Å². The van der Waals surface area contributed by atoms with Crippen molar-refractivity contribution in [1.82, 2.24) is 5.43 Å². The van der Waals surface area contributed by atoms with E-state index in [2.05, 4.69) is 15.3 Å². The number of benzene rings is 2. The highest BCUT2D eigenvalue weighted by molar-refractivity contribution is 6.02. The highest BCUT2D eigenvalue weighted by atomic mass is 19.4. The number of carbonyl (C=O) groups is 1. The van der Waals surface area contributed by atoms with Crippen LogP contribution in [0.25, 0.3) is 11.1 Å². The van der Waals surface area contributed by atoms with Crippen LogP contribution in [0.1, 0.15) is 5.56 Å². The Bertz CT molecular complexity index is 790. The average Bonchev–Trinajstić information content (AvgIpc) is 2.58. The lowest BCUT2D eigenvalue weighted by atomic mass is 10.0. The first-order valence-electron chi connectivity index (χ1n) is 7.25. The molecule has 2 aromatic rings. The molecule has 0 bridgehead atoms. The summed E-state index contributed by atoms with van der Waals surface area (Å²) in [4.78, 5) is 10.4. The monoisotopic (exact) mass is 370 g/mol. The van der Waals surface area contributed by atoms with Gasteiger partial charge >= 0.3 is 6.36 Å². The van der Waals surface area contributed by atoms with Gasteiger partial charge in [-0.25, -0.2) is 9.82 Å². The third-order valence-corrected chi connectivity index (χ3v) is 3.23. The van der Waals surface area contributed by atoms with Gasteiger partial charge in [-0.2, -0.15) is 5.10 Å². The molecule has 0 saturated carbocycles. The number of nitrogens with one attached hydrogen (secondary N) is 1. The Morgan fingerprint density at radius 3 is 2.46 bits per heavy atom. The third kappa shape index (κ3) is 5.28. The first-order chi connectivity index (χ1) is 12.3. The number of nitrogens with zero attached hydrogens (tertiary/aromatic N) is 1. The van der Waals surface area contributed by atoms with Crippen LogP contribution in [0, 0.1) is 5.82 Å². The number of halogens is 4. The van der Waals surface area contributed by atoms with Crippen LogP contribution in [-0.4, -0.2) is 32.2 Å². The van der Waals surface area contributed by atoms with Crippen molar-refractivity contribution < 1.29 is 31.8 Å². The highest BCUT2D eigenvalue weighted by Gasteiger charge is 2.32. The van der Waals surface area contributed by atoms with E-state index in [4.69, 9.17) is 4.74 Å². The largest absolute Gasteiger partial charge is 0.573 e. The quantitative estimate of drug-likeness (QED) is 0.351. The van der Waals surface area contributed by atoms with E-state index in [1.807, 2.05) is 0 Å². The minimum Gasteiger partial charge on any atom is -0.405 e. The summed E-state index contributed by atoms with van der Waals surface area (Å²) in [5.41, 5.74) is 2.98. The van der Waals surface area contributed by atoms with E-state index >= 15 is 0 Å². The molecule has 0 heterocycles. The van der Waals surface area contributed by atoms with E-state index in [0.717, 1.165) is 18.2 Å². The van der Waals surface area contributed by atoms with Crippen LogP contribution in [0.5, 0.6) is 5.75 Å². The van der Waals surface area contributed by atoms with Crippen molar-refractivity contribution in [3.63, 3.8) is 0 Å². The summed E-state index contributed by atoms with van der Waals surface area (Å²) in [7, 11) is 1.37. The molecule has 5 nitrogen and oxygen atoms in total. The predicted molar refractivity (Wildman–Crippen MR) is 86.1 cm³/mol. The fourth-order valence-corrected chi connectivity index (χ4v) is 2.20. The number of ether oxygens (including phenoxy) is 2. The minimum atomic E-state index is -4.92. The van der Waals surface area contributed by atoms with Crippen LogP contribution >= 0.6 is 0 Å². The van der Waals surface area contributed by atoms with Crippen LogP contribution in [0.15, 0.2) is 47.6 Å². The Hall–Kier alpha value is -2.94. The molecule has 26 heavy (non-hydrogen) atoms. The lowest BCUT2D eigenvalue weighted by Gasteiger charge is -2.15. The average molecular weight is 370 g/mol. The van der Waals surface area contributed by atoms with Gasteiger partial charge in [0.15, 0.2) is 0 Å². The van der Waals surface area contributed by atoms with E-state index in [-0.39, 0.29) is 23.4 Å². The minimum absolute atomic E-state index is 0.0534. The fraction of sp³-hybridized carbons (Fsp3) is 0.176. The number of amides is 1.